The molecule has 0 bridgehead atoms. The first-order chi connectivity index (χ1) is 29.9. The van der Waals surface area contributed by atoms with Crippen LogP contribution < -0.4 is 14.2 Å². The van der Waals surface area contributed by atoms with E-state index in [-0.39, 0.29) is 80.2 Å². The molecule has 0 unspecified atom stereocenters. The molecule has 18 heteroatoms. The highest BCUT2D eigenvalue weighted by molar-refractivity contribution is 5.84. The van der Waals surface area contributed by atoms with Gasteiger partial charge in [-0.25, -0.2) is 0 Å². The van der Waals surface area contributed by atoms with Crippen molar-refractivity contribution in [3.05, 3.63) is 112 Å². The van der Waals surface area contributed by atoms with Crippen molar-refractivity contribution in [2.75, 3.05) is 0 Å². The van der Waals surface area contributed by atoms with Crippen LogP contribution in [0.2, 0.25) is 0 Å². The lowest BCUT2D eigenvalue weighted by atomic mass is 9.76. The van der Waals surface area contributed by atoms with Crippen LogP contribution in [0.25, 0.3) is 11.1 Å². The third-order valence-electron chi connectivity index (χ3n) is 11.7. The number of hydrogen-bond acceptors (Lipinski definition) is 18. The highest BCUT2D eigenvalue weighted by Crippen LogP contribution is 2.59. The fourth-order valence-corrected chi connectivity index (χ4v) is 8.81. The molecular formula is C45H38O18. The zero-order valence-electron chi connectivity index (χ0n) is 32.3. The van der Waals surface area contributed by atoms with Gasteiger partial charge in [-0.3, -0.25) is 0 Å². The highest BCUT2D eigenvalue weighted by atomic mass is 16.5. The van der Waals surface area contributed by atoms with E-state index in [0.29, 0.717) is 0 Å². The Morgan fingerprint density at radius 2 is 0.921 bits per heavy atom. The number of aromatic hydroxyl groups is 12. The molecule has 7 atom stereocenters. The standard InChI is InChI=1S/C45H38O18/c46-17-7-30(55)37-35(8-17)61-45(40(60)39(37)38-32(57)14-25(50)21-12-34(59)42(63-44(21)38)16-2-4-23(48)27(52)6-16)19-10-29(54)28(53)9-18(19)36-31(56)13-24(49)20-11-33(58)41(62-43(20)36)15-1-3-22(47)26(51)5-15/h1-10,13-14,33-34,39-42,45-60H,11-12H2/t33-,34+,39-,40-,41-,42-,45-/m1/s1. The third kappa shape index (κ3) is 6.55. The van der Waals surface area contributed by atoms with E-state index in [1.165, 1.54) is 12.1 Å². The fourth-order valence-electron chi connectivity index (χ4n) is 8.81. The Balaban J connectivity index is 1.23. The van der Waals surface area contributed by atoms with E-state index in [9.17, 15) is 76.6 Å². The van der Waals surface area contributed by atoms with Gasteiger partial charge in [-0.1, -0.05) is 12.1 Å². The van der Waals surface area contributed by atoms with Crippen molar-refractivity contribution in [1.29, 1.82) is 0 Å². The molecule has 3 aliphatic rings. The van der Waals surface area contributed by atoms with Gasteiger partial charge >= 0.3 is 0 Å². The van der Waals surface area contributed by atoms with E-state index in [2.05, 4.69) is 0 Å². The van der Waals surface area contributed by atoms with Crippen molar-refractivity contribution in [2.24, 2.45) is 0 Å². The number of aliphatic hydroxyl groups excluding tert-OH is 3. The molecule has 6 aromatic carbocycles. The van der Waals surface area contributed by atoms with Crippen molar-refractivity contribution in [3.63, 3.8) is 0 Å². The normalized spacial score (nSPS) is 22.4. The first-order valence-electron chi connectivity index (χ1n) is 19.3. The molecule has 0 radical (unpaired) electrons. The van der Waals surface area contributed by atoms with Gasteiger partial charge in [-0.05, 0) is 47.5 Å². The Labute approximate surface area is 354 Å². The Hall–Kier alpha value is -7.80. The van der Waals surface area contributed by atoms with Crippen molar-refractivity contribution in [2.45, 2.75) is 55.4 Å². The van der Waals surface area contributed by atoms with E-state index >= 15 is 0 Å². The Kier molecular flexibility index (Phi) is 9.46. The highest BCUT2D eigenvalue weighted by Gasteiger charge is 2.47. The number of phenols is 12. The van der Waals surface area contributed by atoms with Gasteiger partial charge in [-0.15, -0.1) is 0 Å². The summed E-state index contributed by atoms with van der Waals surface area (Å²) in [5, 5.41) is 165. The second-order valence-corrected chi connectivity index (χ2v) is 15.7. The van der Waals surface area contributed by atoms with Gasteiger partial charge in [0.05, 0.1) is 23.7 Å². The van der Waals surface area contributed by atoms with E-state index < -0.39 is 112 Å². The van der Waals surface area contributed by atoms with Gasteiger partial charge in [-0.2, -0.15) is 0 Å². The zero-order valence-corrected chi connectivity index (χ0v) is 32.3. The fraction of sp³-hybridized carbons (Fsp3) is 0.200. The summed E-state index contributed by atoms with van der Waals surface area (Å²) >= 11 is 0. The lowest BCUT2D eigenvalue weighted by Crippen LogP contribution is -2.37. The number of ether oxygens (including phenoxy) is 3. The second-order valence-electron chi connectivity index (χ2n) is 15.7. The van der Waals surface area contributed by atoms with Crippen LogP contribution in [-0.4, -0.2) is 94.9 Å². The van der Waals surface area contributed by atoms with E-state index in [4.69, 9.17) is 14.2 Å². The monoisotopic (exact) mass is 866 g/mol. The number of rotatable bonds is 5. The van der Waals surface area contributed by atoms with Crippen LogP contribution in [0.3, 0.4) is 0 Å². The number of aliphatic hydroxyl groups is 3. The molecule has 63 heavy (non-hydrogen) atoms. The molecule has 326 valence electrons. The van der Waals surface area contributed by atoms with Crippen molar-refractivity contribution in [1.82, 2.24) is 0 Å². The van der Waals surface area contributed by atoms with Crippen LogP contribution in [0.1, 0.15) is 63.2 Å². The van der Waals surface area contributed by atoms with Gasteiger partial charge in [0.1, 0.15) is 70.1 Å². The Morgan fingerprint density at radius 1 is 0.413 bits per heavy atom. The molecule has 0 saturated heterocycles. The van der Waals surface area contributed by atoms with E-state index in [1.54, 1.807) is 0 Å². The van der Waals surface area contributed by atoms with Crippen LogP contribution in [0, 0.1) is 0 Å². The van der Waals surface area contributed by atoms with E-state index in [1.807, 2.05) is 0 Å². The number of benzene rings is 6. The second kappa shape index (κ2) is 14.7. The SMILES string of the molecule is Oc1cc(O)c2c(c1)O[C@H](c1cc(O)c(O)cc1-c1c(O)cc(O)c3c1O[C@H](c1ccc(O)c(O)c1)[C@H](O)C3)[C@H](O)[C@H]2c1c(O)cc(O)c2c1O[C@H](c1ccc(O)c(O)c1)[C@@H](O)C2. The molecule has 0 aliphatic carbocycles. The summed E-state index contributed by atoms with van der Waals surface area (Å²) in [4.78, 5) is 0. The number of hydrogen-bond donors (Lipinski definition) is 15. The van der Waals surface area contributed by atoms with Gasteiger partial charge in [0.2, 0.25) is 0 Å². The Morgan fingerprint density at radius 3 is 1.51 bits per heavy atom. The summed E-state index contributed by atoms with van der Waals surface area (Å²) in [7, 11) is 0. The smallest absolute Gasteiger partial charge is 0.158 e. The van der Waals surface area contributed by atoms with Crippen LogP contribution in [0.4, 0.5) is 0 Å². The average molecular weight is 867 g/mol. The van der Waals surface area contributed by atoms with Crippen LogP contribution >= 0.6 is 0 Å². The first kappa shape index (κ1) is 40.6. The average Bonchev–Trinajstić information content (AvgIpc) is 3.22. The summed E-state index contributed by atoms with van der Waals surface area (Å²) in [6.45, 7) is 0. The largest absolute Gasteiger partial charge is 0.508 e. The molecule has 18 nitrogen and oxygen atoms in total. The molecule has 3 aliphatic heterocycles. The maximum Gasteiger partial charge on any atom is 0.158 e. The van der Waals surface area contributed by atoms with Crippen LogP contribution in [0.15, 0.2) is 72.8 Å². The molecule has 0 aromatic heterocycles. The minimum Gasteiger partial charge on any atom is -0.508 e. The lowest BCUT2D eigenvalue weighted by Gasteiger charge is -2.41. The zero-order chi connectivity index (χ0) is 44.9. The van der Waals surface area contributed by atoms with Gasteiger partial charge in [0, 0.05) is 70.5 Å². The molecule has 0 saturated carbocycles. The van der Waals surface area contributed by atoms with Crippen molar-refractivity contribution in [3.8, 4) is 97.4 Å². The van der Waals surface area contributed by atoms with Gasteiger partial charge < -0.3 is 90.8 Å². The summed E-state index contributed by atoms with van der Waals surface area (Å²) in [5.74, 6) is -9.45. The minimum absolute atomic E-state index is 0.0206. The van der Waals surface area contributed by atoms with Gasteiger partial charge in [0.15, 0.2) is 40.6 Å². The number of fused-ring (bicyclic) bond motifs is 3. The first-order valence-corrected chi connectivity index (χ1v) is 19.3. The summed E-state index contributed by atoms with van der Waals surface area (Å²) in [6, 6.07) is 13.2. The molecule has 0 spiro atoms. The Bertz CT molecular complexity index is 2860. The van der Waals surface area contributed by atoms with Crippen molar-refractivity contribution >= 4 is 0 Å². The summed E-state index contributed by atoms with van der Waals surface area (Å²) < 4.78 is 18.8. The minimum atomic E-state index is -1.97. The van der Waals surface area contributed by atoms with Crippen LogP contribution in [0.5, 0.6) is 86.2 Å². The maximum atomic E-state index is 12.6. The molecule has 6 aromatic rings. The topological polar surface area (TPSA) is 331 Å². The maximum absolute atomic E-state index is 12.6. The predicted octanol–water partition coefficient (Wildman–Crippen LogP) is 4.52. The third-order valence-corrected chi connectivity index (χ3v) is 11.7. The lowest BCUT2D eigenvalue weighted by molar-refractivity contribution is 0.00131. The molecule has 15 N–H and O–H groups in total. The number of phenolic OH excluding ortho intramolecular Hbond substituents is 12. The quantitative estimate of drug-likeness (QED) is 0.106. The van der Waals surface area contributed by atoms with Crippen molar-refractivity contribution < 1.29 is 90.8 Å². The molecule has 0 amide bonds. The molecule has 3 heterocycles. The van der Waals surface area contributed by atoms with E-state index in [0.717, 1.165) is 60.7 Å². The summed E-state index contributed by atoms with van der Waals surface area (Å²) in [6.07, 6.45) is -9.62. The molecular weight excluding hydrogens is 828 g/mol. The summed E-state index contributed by atoms with van der Waals surface area (Å²) in [5.41, 5.74) is -0.847. The van der Waals surface area contributed by atoms with Gasteiger partial charge in [0.25, 0.3) is 0 Å². The molecule has 0 fully saturated rings. The molecule has 9 rings (SSSR count). The predicted molar refractivity (Wildman–Crippen MR) is 215 cm³/mol. The van der Waals surface area contributed by atoms with Crippen LogP contribution in [-0.2, 0) is 12.8 Å².